The second-order valence-electron chi connectivity index (χ2n) is 9.91. The van der Waals surface area contributed by atoms with E-state index in [9.17, 15) is 19.5 Å². The topological polar surface area (TPSA) is 108 Å². The second kappa shape index (κ2) is 10.9. The molecule has 0 aliphatic heterocycles. The molecular weight excluding hydrogens is 430 g/mol. The van der Waals surface area contributed by atoms with Crippen molar-refractivity contribution in [2.45, 2.75) is 65.1 Å². The maximum atomic E-state index is 13.3. The Balaban J connectivity index is 1.72. The van der Waals surface area contributed by atoms with Crippen molar-refractivity contribution in [3.05, 3.63) is 65.5 Å². The number of carbonyl (C=O) groups is 3. The van der Waals surface area contributed by atoms with Gasteiger partial charge in [0.05, 0.1) is 24.0 Å². The largest absolute Gasteiger partial charge is 0.390 e. The van der Waals surface area contributed by atoms with Crippen LogP contribution in [0.5, 0.6) is 0 Å². The van der Waals surface area contributed by atoms with E-state index >= 15 is 0 Å². The van der Waals surface area contributed by atoms with E-state index in [1.165, 1.54) is 0 Å². The number of rotatable bonds is 10. The zero-order valence-corrected chi connectivity index (χ0v) is 20.5. The highest BCUT2D eigenvalue weighted by Crippen LogP contribution is 2.46. The highest BCUT2D eigenvalue weighted by atomic mass is 16.3. The molecule has 34 heavy (non-hydrogen) atoms. The first kappa shape index (κ1) is 25.6. The predicted molar refractivity (Wildman–Crippen MR) is 130 cm³/mol. The lowest BCUT2D eigenvalue weighted by Crippen LogP contribution is -2.55. The van der Waals surface area contributed by atoms with Crippen molar-refractivity contribution in [3.8, 4) is 0 Å². The molecule has 0 radical (unpaired) electrons. The number of nitrogens with zero attached hydrogens (tertiary/aromatic N) is 1. The number of aliphatic hydroxyl groups is 1. The van der Waals surface area contributed by atoms with Crippen LogP contribution >= 0.6 is 0 Å². The van der Waals surface area contributed by atoms with E-state index in [0.717, 1.165) is 5.56 Å². The molecule has 5 atom stereocenters. The fourth-order valence-corrected chi connectivity index (χ4v) is 4.40. The third-order valence-electron chi connectivity index (χ3n) is 6.26. The molecule has 3 N–H and O–H groups in total. The highest BCUT2D eigenvalue weighted by Gasteiger charge is 2.56. The van der Waals surface area contributed by atoms with Crippen LogP contribution in [-0.2, 0) is 9.59 Å². The monoisotopic (exact) mass is 465 g/mol. The van der Waals surface area contributed by atoms with Gasteiger partial charge in [-0.15, -0.1) is 0 Å². The minimum atomic E-state index is -1.02. The maximum absolute atomic E-state index is 13.3. The molecule has 2 aromatic rings. The molecule has 1 fully saturated rings. The lowest BCUT2D eigenvalue weighted by Gasteiger charge is -2.30. The molecule has 7 heteroatoms. The number of aromatic nitrogens is 1. The van der Waals surface area contributed by atoms with E-state index in [4.69, 9.17) is 0 Å². The Kier molecular flexibility index (Phi) is 8.20. The van der Waals surface area contributed by atoms with Gasteiger partial charge in [0.15, 0.2) is 0 Å². The Labute approximate surface area is 201 Å². The number of ketones is 1. The van der Waals surface area contributed by atoms with E-state index < -0.39 is 30.0 Å². The van der Waals surface area contributed by atoms with Gasteiger partial charge in [0.2, 0.25) is 5.91 Å². The van der Waals surface area contributed by atoms with Crippen molar-refractivity contribution in [1.29, 1.82) is 0 Å². The van der Waals surface area contributed by atoms with Crippen molar-refractivity contribution in [3.63, 3.8) is 0 Å². The van der Waals surface area contributed by atoms with Crippen LogP contribution in [0, 0.1) is 24.7 Å². The summed E-state index contributed by atoms with van der Waals surface area (Å²) < 4.78 is 0. The smallest absolute Gasteiger partial charge is 0.270 e. The van der Waals surface area contributed by atoms with Gasteiger partial charge in [-0.2, -0.15) is 0 Å². The van der Waals surface area contributed by atoms with Gasteiger partial charge >= 0.3 is 0 Å². The number of pyridine rings is 1. The van der Waals surface area contributed by atoms with E-state index in [2.05, 4.69) is 15.6 Å². The van der Waals surface area contributed by atoms with Crippen molar-refractivity contribution >= 4 is 17.6 Å². The van der Waals surface area contributed by atoms with E-state index in [-0.39, 0.29) is 35.1 Å². The SMILES string of the molecule is Cc1cccc(C(=O)N[C@@H](CC(C)C)C(=O)N[C@@H](C(C)C)[C@@H](O)C2C(=O)C2c2ccccc2)n1. The molecule has 2 amide bonds. The summed E-state index contributed by atoms with van der Waals surface area (Å²) in [4.78, 5) is 42.8. The van der Waals surface area contributed by atoms with Crippen LogP contribution in [0.25, 0.3) is 0 Å². The quantitative estimate of drug-likeness (QED) is 0.500. The summed E-state index contributed by atoms with van der Waals surface area (Å²) in [6.45, 7) is 9.53. The average Bonchev–Trinajstić information content (AvgIpc) is 3.47. The van der Waals surface area contributed by atoms with Crippen LogP contribution in [0.3, 0.4) is 0 Å². The van der Waals surface area contributed by atoms with Crippen LogP contribution in [0.1, 0.15) is 61.8 Å². The van der Waals surface area contributed by atoms with Gasteiger partial charge in [0, 0.05) is 5.69 Å². The fourth-order valence-electron chi connectivity index (χ4n) is 4.40. The Hall–Kier alpha value is -3.06. The molecule has 1 aliphatic rings. The molecule has 2 unspecified atom stereocenters. The lowest BCUT2D eigenvalue weighted by atomic mass is 9.92. The third-order valence-corrected chi connectivity index (χ3v) is 6.26. The number of hydrogen-bond acceptors (Lipinski definition) is 5. The summed E-state index contributed by atoms with van der Waals surface area (Å²) in [6.07, 6.45) is -0.588. The first-order valence-corrected chi connectivity index (χ1v) is 11.9. The Morgan fingerprint density at radius 3 is 2.26 bits per heavy atom. The molecule has 1 aliphatic carbocycles. The first-order valence-electron chi connectivity index (χ1n) is 11.9. The zero-order valence-electron chi connectivity index (χ0n) is 20.5. The van der Waals surface area contributed by atoms with Crippen LogP contribution < -0.4 is 10.6 Å². The normalized spacial score (nSPS) is 20.1. The van der Waals surface area contributed by atoms with E-state index in [0.29, 0.717) is 12.1 Å². The summed E-state index contributed by atoms with van der Waals surface area (Å²) >= 11 is 0. The van der Waals surface area contributed by atoms with E-state index in [1.807, 2.05) is 58.0 Å². The summed E-state index contributed by atoms with van der Waals surface area (Å²) in [5.41, 5.74) is 1.83. The Morgan fingerprint density at radius 2 is 1.68 bits per heavy atom. The molecule has 1 heterocycles. The molecule has 1 aromatic carbocycles. The maximum Gasteiger partial charge on any atom is 0.270 e. The lowest BCUT2D eigenvalue weighted by molar-refractivity contribution is -0.126. The minimum Gasteiger partial charge on any atom is -0.390 e. The number of hydrogen-bond donors (Lipinski definition) is 3. The van der Waals surface area contributed by atoms with Gasteiger partial charge in [-0.05, 0) is 42.9 Å². The van der Waals surface area contributed by atoms with Gasteiger partial charge in [-0.3, -0.25) is 14.4 Å². The molecule has 1 aromatic heterocycles. The van der Waals surface area contributed by atoms with Crippen LogP contribution in [0.15, 0.2) is 48.5 Å². The van der Waals surface area contributed by atoms with Gasteiger partial charge < -0.3 is 15.7 Å². The van der Waals surface area contributed by atoms with Gasteiger partial charge in [0.25, 0.3) is 5.91 Å². The average molecular weight is 466 g/mol. The van der Waals surface area contributed by atoms with Crippen molar-refractivity contribution in [1.82, 2.24) is 15.6 Å². The minimum absolute atomic E-state index is 0.0175. The number of carbonyl (C=O) groups excluding carboxylic acids is 3. The highest BCUT2D eigenvalue weighted by molar-refractivity contribution is 6.05. The summed E-state index contributed by atoms with van der Waals surface area (Å²) in [5, 5.41) is 16.8. The summed E-state index contributed by atoms with van der Waals surface area (Å²) in [5.74, 6) is -1.69. The number of aliphatic hydroxyl groups excluding tert-OH is 1. The molecule has 1 saturated carbocycles. The van der Waals surface area contributed by atoms with Crippen molar-refractivity contribution < 1.29 is 19.5 Å². The summed E-state index contributed by atoms with van der Waals surface area (Å²) in [7, 11) is 0. The predicted octanol–water partition coefficient (Wildman–Crippen LogP) is 3.02. The Bertz CT molecular complexity index is 1020. The van der Waals surface area contributed by atoms with Gasteiger partial charge in [0.1, 0.15) is 17.5 Å². The van der Waals surface area contributed by atoms with Crippen LogP contribution in [-0.4, -0.2) is 45.9 Å². The van der Waals surface area contributed by atoms with E-state index in [1.54, 1.807) is 25.1 Å². The van der Waals surface area contributed by atoms with Crippen molar-refractivity contribution in [2.75, 3.05) is 0 Å². The number of benzene rings is 1. The first-order chi connectivity index (χ1) is 16.1. The van der Waals surface area contributed by atoms with Gasteiger partial charge in [-0.25, -0.2) is 4.98 Å². The molecule has 0 spiro atoms. The zero-order chi connectivity index (χ0) is 25.0. The van der Waals surface area contributed by atoms with Crippen molar-refractivity contribution in [2.24, 2.45) is 17.8 Å². The molecule has 0 saturated heterocycles. The second-order valence-corrected chi connectivity index (χ2v) is 9.91. The summed E-state index contributed by atoms with van der Waals surface area (Å²) in [6, 6.07) is 13.1. The third kappa shape index (κ3) is 6.08. The fraction of sp³-hybridized carbons (Fsp3) is 0.481. The molecular formula is C27H35N3O4. The molecule has 7 nitrogen and oxygen atoms in total. The van der Waals surface area contributed by atoms with Crippen LogP contribution in [0.4, 0.5) is 0 Å². The standard InChI is InChI=1S/C27H35N3O4/c1-15(2)14-20(29-26(33)19-13-9-10-17(5)28-19)27(34)30-23(16(3)4)25(32)22-21(24(22)31)18-11-7-6-8-12-18/h6-13,15-16,20-23,25,32H,14H2,1-5H3,(H,29,33)(H,30,34)/t20-,21?,22?,23-,25-/m0/s1. The molecule has 0 bridgehead atoms. The van der Waals surface area contributed by atoms with Gasteiger partial charge in [-0.1, -0.05) is 64.1 Å². The number of aryl methyl sites for hydroxylation is 1. The van der Waals surface area contributed by atoms with Crippen LogP contribution in [0.2, 0.25) is 0 Å². The number of Topliss-reactive ketones (excluding diaryl/α,β-unsaturated/α-hetero) is 1. The molecule has 3 rings (SSSR count). The molecule has 182 valence electrons. The number of amides is 2. The number of nitrogens with one attached hydrogen (secondary N) is 2. The Morgan fingerprint density at radius 1 is 1.00 bits per heavy atom.